The lowest BCUT2D eigenvalue weighted by molar-refractivity contribution is -0.670. The van der Waals surface area contributed by atoms with E-state index in [4.69, 9.17) is 23.2 Å². The van der Waals surface area contributed by atoms with Gasteiger partial charge in [-0.25, -0.2) is 4.57 Å². The highest BCUT2D eigenvalue weighted by molar-refractivity contribution is 6.45. The Morgan fingerprint density at radius 1 is 1.15 bits per heavy atom. The number of benzene rings is 1. The van der Waals surface area contributed by atoms with Crippen LogP contribution in [0.3, 0.4) is 0 Å². The monoisotopic (exact) mass is 212 g/mol. The quantitative estimate of drug-likeness (QED) is 0.592. The normalized spacial score (nSPS) is 10.7. The van der Waals surface area contributed by atoms with E-state index in [-0.39, 0.29) is 0 Å². The SMILES string of the molecule is C[n+]1ccc2ccc(Cl)c(Cl)c2c1. The van der Waals surface area contributed by atoms with E-state index in [2.05, 4.69) is 0 Å². The lowest BCUT2D eigenvalue weighted by Crippen LogP contribution is -2.25. The minimum absolute atomic E-state index is 0.598. The summed E-state index contributed by atoms with van der Waals surface area (Å²) >= 11 is 12.0. The number of pyridine rings is 1. The zero-order valence-corrected chi connectivity index (χ0v) is 8.60. The predicted octanol–water partition coefficient (Wildman–Crippen LogP) is 2.97. The molecule has 0 fully saturated rings. The number of nitrogens with zero attached hydrogens (tertiary/aromatic N) is 1. The third kappa shape index (κ3) is 1.50. The van der Waals surface area contributed by atoms with Gasteiger partial charge in [0, 0.05) is 6.07 Å². The maximum atomic E-state index is 6.05. The smallest absolute Gasteiger partial charge is 0.177 e. The molecule has 2 rings (SSSR count). The van der Waals surface area contributed by atoms with Gasteiger partial charge in [0.05, 0.1) is 15.4 Å². The van der Waals surface area contributed by atoms with Crippen LogP contribution in [0.1, 0.15) is 0 Å². The number of rotatable bonds is 0. The van der Waals surface area contributed by atoms with Crippen molar-refractivity contribution in [1.29, 1.82) is 0 Å². The maximum absolute atomic E-state index is 6.05. The zero-order chi connectivity index (χ0) is 9.42. The fraction of sp³-hybridized carbons (Fsp3) is 0.100. The Balaban J connectivity index is 2.89. The van der Waals surface area contributed by atoms with Crippen LogP contribution in [-0.4, -0.2) is 0 Å². The van der Waals surface area contributed by atoms with Crippen LogP contribution >= 0.6 is 23.2 Å². The summed E-state index contributed by atoms with van der Waals surface area (Å²) in [5.41, 5.74) is 0. The standard InChI is InChI=1S/C10H8Cl2N/c1-13-5-4-7-2-3-9(11)10(12)8(7)6-13/h2-6H,1H3/q+1. The largest absolute Gasteiger partial charge is 0.207 e. The van der Waals surface area contributed by atoms with Gasteiger partial charge in [-0.15, -0.1) is 0 Å². The van der Waals surface area contributed by atoms with Gasteiger partial charge >= 0.3 is 0 Å². The number of hydrogen-bond acceptors (Lipinski definition) is 0. The summed E-state index contributed by atoms with van der Waals surface area (Å²) in [6, 6.07) is 5.79. The summed E-state index contributed by atoms with van der Waals surface area (Å²) in [5, 5.41) is 3.31. The van der Waals surface area contributed by atoms with Crippen LogP contribution in [-0.2, 0) is 7.05 Å². The van der Waals surface area contributed by atoms with Crippen molar-refractivity contribution in [2.24, 2.45) is 7.05 Å². The minimum atomic E-state index is 0.598. The summed E-state index contributed by atoms with van der Waals surface area (Å²) in [5.74, 6) is 0. The molecule has 0 saturated heterocycles. The molecule has 0 atom stereocenters. The maximum Gasteiger partial charge on any atom is 0.177 e. The number of hydrogen-bond donors (Lipinski definition) is 0. The van der Waals surface area contributed by atoms with Crippen LogP contribution in [0.4, 0.5) is 0 Å². The highest BCUT2D eigenvalue weighted by Gasteiger charge is 2.06. The lowest BCUT2D eigenvalue weighted by atomic mass is 10.2. The molecule has 0 aliphatic carbocycles. The van der Waals surface area contributed by atoms with E-state index in [9.17, 15) is 0 Å². The highest BCUT2D eigenvalue weighted by atomic mass is 35.5. The summed E-state index contributed by atoms with van der Waals surface area (Å²) in [6.07, 6.45) is 3.94. The Labute approximate surface area is 86.5 Å². The van der Waals surface area contributed by atoms with Crippen molar-refractivity contribution in [3.05, 3.63) is 40.6 Å². The molecule has 0 unspecified atom stereocenters. The van der Waals surface area contributed by atoms with Crippen LogP contribution in [0.2, 0.25) is 10.0 Å². The molecule has 2 aromatic rings. The molecule has 66 valence electrons. The van der Waals surface area contributed by atoms with E-state index in [1.165, 1.54) is 0 Å². The zero-order valence-electron chi connectivity index (χ0n) is 7.09. The van der Waals surface area contributed by atoms with Gasteiger partial charge in [0.2, 0.25) is 0 Å². The number of halogens is 2. The Bertz CT molecular complexity index is 460. The van der Waals surface area contributed by atoms with Crippen LogP contribution in [0.5, 0.6) is 0 Å². The molecule has 0 aliphatic rings. The molecule has 0 N–H and O–H groups in total. The van der Waals surface area contributed by atoms with E-state index in [0.29, 0.717) is 10.0 Å². The summed E-state index contributed by atoms with van der Waals surface area (Å²) in [6.45, 7) is 0. The lowest BCUT2D eigenvalue weighted by Gasteiger charge is -1.99. The Hall–Kier alpha value is -0.790. The first kappa shape index (κ1) is 8.79. The second-order valence-corrected chi connectivity index (χ2v) is 3.76. The second kappa shape index (κ2) is 3.17. The second-order valence-electron chi connectivity index (χ2n) is 2.97. The van der Waals surface area contributed by atoms with E-state index in [1.54, 1.807) is 0 Å². The molecule has 0 aliphatic heterocycles. The van der Waals surface area contributed by atoms with Crippen molar-refractivity contribution in [3.63, 3.8) is 0 Å². The summed E-state index contributed by atoms with van der Waals surface area (Å²) in [4.78, 5) is 0. The van der Waals surface area contributed by atoms with Gasteiger partial charge in [0.25, 0.3) is 0 Å². The molecule has 1 heterocycles. The van der Waals surface area contributed by atoms with Crippen LogP contribution in [0.15, 0.2) is 30.6 Å². The topological polar surface area (TPSA) is 3.88 Å². The number of aromatic nitrogens is 1. The fourth-order valence-corrected chi connectivity index (χ4v) is 1.69. The van der Waals surface area contributed by atoms with Crippen molar-refractivity contribution in [1.82, 2.24) is 0 Å². The first-order valence-corrected chi connectivity index (χ1v) is 4.67. The first-order chi connectivity index (χ1) is 6.18. The average molecular weight is 213 g/mol. The average Bonchev–Trinajstić information content (AvgIpc) is 2.12. The molecule has 0 bridgehead atoms. The van der Waals surface area contributed by atoms with Gasteiger partial charge in [-0.2, -0.15) is 0 Å². The Morgan fingerprint density at radius 2 is 1.92 bits per heavy atom. The molecule has 0 saturated carbocycles. The first-order valence-electron chi connectivity index (χ1n) is 3.91. The van der Waals surface area contributed by atoms with Crippen LogP contribution in [0, 0.1) is 0 Å². The van der Waals surface area contributed by atoms with Crippen LogP contribution in [0.25, 0.3) is 10.8 Å². The molecule has 13 heavy (non-hydrogen) atoms. The minimum Gasteiger partial charge on any atom is -0.207 e. The molecule has 1 nitrogen and oxygen atoms in total. The summed E-state index contributed by atoms with van der Waals surface area (Å²) in [7, 11) is 1.96. The van der Waals surface area contributed by atoms with E-state index < -0.39 is 0 Å². The van der Waals surface area contributed by atoms with Gasteiger partial charge in [-0.3, -0.25) is 0 Å². The third-order valence-corrected chi connectivity index (χ3v) is 2.81. The number of fused-ring (bicyclic) bond motifs is 1. The van der Waals surface area contributed by atoms with Gasteiger partial charge in [-0.1, -0.05) is 29.3 Å². The van der Waals surface area contributed by atoms with Gasteiger partial charge in [-0.05, 0) is 11.5 Å². The van der Waals surface area contributed by atoms with E-state index in [0.717, 1.165) is 10.8 Å². The number of aryl methyl sites for hydroxylation is 1. The van der Waals surface area contributed by atoms with E-state index >= 15 is 0 Å². The molecular formula is C10H8Cl2N+. The molecule has 0 amide bonds. The molecule has 3 heteroatoms. The van der Waals surface area contributed by atoms with Gasteiger partial charge in [0.1, 0.15) is 7.05 Å². The predicted molar refractivity (Wildman–Crippen MR) is 55.1 cm³/mol. The van der Waals surface area contributed by atoms with Gasteiger partial charge in [0.15, 0.2) is 12.4 Å². The molecule has 0 spiro atoms. The molecule has 1 aromatic heterocycles. The van der Waals surface area contributed by atoms with Crippen molar-refractivity contribution in [3.8, 4) is 0 Å². The molecule has 0 radical (unpaired) electrons. The third-order valence-electron chi connectivity index (χ3n) is 1.99. The van der Waals surface area contributed by atoms with Crippen molar-refractivity contribution in [2.75, 3.05) is 0 Å². The molecule has 1 aromatic carbocycles. The van der Waals surface area contributed by atoms with Crippen molar-refractivity contribution in [2.45, 2.75) is 0 Å². The van der Waals surface area contributed by atoms with E-state index in [1.807, 2.05) is 42.2 Å². The summed E-state index contributed by atoms with van der Waals surface area (Å²) < 4.78 is 1.95. The fourth-order valence-electron chi connectivity index (χ4n) is 1.30. The van der Waals surface area contributed by atoms with Crippen molar-refractivity contribution >= 4 is 34.0 Å². The van der Waals surface area contributed by atoms with Crippen LogP contribution < -0.4 is 4.57 Å². The molecular weight excluding hydrogens is 205 g/mol. The Kier molecular flexibility index (Phi) is 2.14. The highest BCUT2D eigenvalue weighted by Crippen LogP contribution is 2.29. The van der Waals surface area contributed by atoms with Gasteiger partial charge < -0.3 is 0 Å². The Morgan fingerprint density at radius 3 is 2.69 bits per heavy atom. The van der Waals surface area contributed by atoms with Crippen molar-refractivity contribution < 1.29 is 4.57 Å².